The molecular formula is HBaCuFeZn. The predicted molar refractivity (Wildman–Crippen MR) is 7.15 cm³/mol. The molecule has 0 aliphatic carbocycles. The molecule has 0 amide bonds. The van der Waals surface area contributed by atoms with Crippen LogP contribution in [0.3, 0.4) is 0 Å². The van der Waals surface area contributed by atoms with E-state index in [0.29, 0.717) is 43.1 Å². The molecule has 0 nitrogen and oxygen atoms in total. The molecule has 1 radical (unpaired) electrons. The van der Waals surface area contributed by atoms with E-state index in [1.807, 2.05) is 0 Å². The van der Waals surface area contributed by atoms with Gasteiger partial charge in [-0.3, -0.25) is 0 Å². The van der Waals surface area contributed by atoms with Crippen LogP contribution >= 0.6 is 0 Å². The Morgan fingerprint density at radius 2 is 1.25 bits per heavy atom. The fourth-order valence-corrected chi connectivity index (χ4v) is 0. The van der Waals surface area contributed by atoms with E-state index in [2.05, 4.69) is 7.23 Å². The fourth-order valence-electron chi connectivity index (χ4n) is 0. The summed E-state index contributed by atoms with van der Waals surface area (Å²) in [6, 6.07) is 0. The molecule has 0 aromatic carbocycles. The van der Waals surface area contributed by atoms with Gasteiger partial charge in [-0.05, 0) is 0 Å². The van der Waals surface area contributed by atoms with Crippen molar-refractivity contribution in [1.29, 1.82) is 0 Å². The Bertz CT molecular complexity index is 8.00. The van der Waals surface area contributed by atoms with Crippen LogP contribution in [0.1, 0.15) is 0 Å². The van der Waals surface area contributed by atoms with Crippen LogP contribution in [0.25, 0.3) is 0 Å². The summed E-state index contributed by atoms with van der Waals surface area (Å²) < 4.78 is 0. The monoisotopic (exact) mass is 322 g/mol. The van der Waals surface area contributed by atoms with E-state index >= 15 is 0 Å². The molecule has 0 aromatic rings. The first-order valence-electron chi connectivity index (χ1n) is 0.354. The first-order valence-corrected chi connectivity index (χ1v) is 10.6. The molecule has 0 unspecified atom stereocenters. The summed E-state index contributed by atoms with van der Waals surface area (Å²) in [5.41, 5.74) is 0. The zero-order chi connectivity index (χ0) is 2.00. The zero-order valence-corrected chi connectivity index (χ0v) is 13.7. The summed E-state index contributed by atoms with van der Waals surface area (Å²) in [6.07, 6.45) is 0. The summed E-state index contributed by atoms with van der Waals surface area (Å²) in [7, 11) is 3.47. The van der Waals surface area contributed by atoms with E-state index < -0.39 is 0 Å². The average molecular weight is 323 g/mol. The van der Waals surface area contributed by atoms with Crippen LogP contribution in [0.15, 0.2) is 0 Å². The van der Waals surface area contributed by atoms with Gasteiger partial charge in [0, 0.05) is 36.5 Å². The predicted octanol–water partition coefficient (Wildman–Crippen LogP) is -0.656. The van der Waals surface area contributed by atoms with Crippen LogP contribution in [-0.4, -0.2) is 43.1 Å². The third kappa shape index (κ3) is 8.97. The molecule has 0 N–H and O–H groups in total. The largest absolute Gasteiger partial charge is 0 e. The van der Waals surface area contributed by atoms with E-state index in [1.165, 1.54) is 0 Å². The second-order valence-corrected chi connectivity index (χ2v) is 0. The van der Waals surface area contributed by atoms with Crippen molar-refractivity contribution >= 4 is 43.1 Å². The van der Waals surface area contributed by atoms with E-state index in [-0.39, 0.29) is 36.5 Å². The molecule has 0 fully saturated rings. The molecule has 0 atom stereocenters. The summed E-state index contributed by atoms with van der Waals surface area (Å²) in [5.74, 6) is 0. The van der Waals surface area contributed by atoms with Gasteiger partial charge < -0.3 is 0 Å². The molecular weight excluding hydrogens is 322 g/mol. The van der Waals surface area contributed by atoms with Crippen LogP contribution in [0.4, 0.5) is 0 Å². The standard InChI is InChI=1S/Ba.Cu.Fe.Zn.H. The van der Waals surface area contributed by atoms with Crippen molar-refractivity contribution in [3.63, 3.8) is 0 Å². The SMILES string of the molecule is [Cu].[Fe][BaH].[Zn]. The van der Waals surface area contributed by atoms with Crippen molar-refractivity contribution in [3.8, 4) is 0 Å². The second kappa shape index (κ2) is 16.3. The first-order chi connectivity index (χ1) is 1.00. The number of hydrogen-bond acceptors (Lipinski definition) is 0. The third-order valence-electron chi connectivity index (χ3n) is 0. The molecule has 24 valence electrons. The van der Waals surface area contributed by atoms with Crippen LogP contribution < -0.4 is 0 Å². The van der Waals surface area contributed by atoms with Crippen LogP contribution in [-0.2, 0) is 43.8 Å². The van der Waals surface area contributed by atoms with Gasteiger partial charge in [0.2, 0.25) is 0 Å². The molecule has 0 aliphatic heterocycles. The Balaban J connectivity index is -0.00000000500. The van der Waals surface area contributed by atoms with Crippen LogP contribution in [0, 0.1) is 0 Å². The maximum atomic E-state index is 3.47. The Morgan fingerprint density at radius 1 is 1.25 bits per heavy atom. The first kappa shape index (κ1) is 15.7. The minimum absolute atomic E-state index is 0. The molecule has 0 spiro atoms. The minimum atomic E-state index is 0. The van der Waals surface area contributed by atoms with Gasteiger partial charge in [0.05, 0.1) is 0 Å². The smallest absolute Gasteiger partial charge is 0 e. The number of rotatable bonds is 0. The zero-order valence-electron chi connectivity index (χ0n) is 2.36. The third-order valence-corrected chi connectivity index (χ3v) is 0. The topological polar surface area (TPSA) is 0 Å². The Labute approximate surface area is 84.4 Å². The molecule has 0 rings (SSSR count). The summed E-state index contributed by atoms with van der Waals surface area (Å²) in [6.45, 7) is 0. The molecule has 0 saturated carbocycles. The maximum Gasteiger partial charge on any atom is 0 e. The van der Waals surface area contributed by atoms with E-state index in [4.69, 9.17) is 0 Å². The van der Waals surface area contributed by atoms with Gasteiger partial charge in [0.15, 0.2) is 0 Å². The van der Waals surface area contributed by atoms with Gasteiger partial charge in [-0.2, -0.15) is 0 Å². The summed E-state index contributed by atoms with van der Waals surface area (Å²) in [5, 5.41) is 0. The van der Waals surface area contributed by atoms with Crippen molar-refractivity contribution < 1.29 is 43.8 Å². The number of hydrogen-bond donors (Lipinski definition) is 0. The van der Waals surface area contributed by atoms with Crippen LogP contribution in [0.2, 0.25) is 0 Å². The van der Waals surface area contributed by atoms with Crippen molar-refractivity contribution in [1.82, 2.24) is 0 Å². The summed E-state index contributed by atoms with van der Waals surface area (Å²) >= 11 is 0.639. The van der Waals surface area contributed by atoms with Gasteiger partial charge in [0.25, 0.3) is 0 Å². The Morgan fingerprint density at radius 3 is 1.25 bits per heavy atom. The minimum Gasteiger partial charge on any atom is 0 e. The van der Waals surface area contributed by atoms with Gasteiger partial charge in [-0.15, -0.1) is 0 Å². The quantitative estimate of drug-likeness (QED) is 0.520. The van der Waals surface area contributed by atoms with Crippen LogP contribution in [0.5, 0.6) is 0 Å². The molecule has 0 aliphatic rings. The van der Waals surface area contributed by atoms with Crippen molar-refractivity contribution in [2.24, 2.45) is 0 Å². The molecule has 0 aromatic heterocycles. The van der Waals surface area contributed by atoms with Gasteiger partial charge in [-0.1, -0.05) is 0 Å². The molecule has 0 saturated heterocycles. The Hall–Kier alpha value is 3.23. The molecule has 0 bridgehead atoms. The van der Waals surface area contributed by atoms with E-state index in [0.717, 1.165) is 0 Å². The fraction of sp³-hybridized carbons (Fsp3) is 0. The average Bonchev–Trinajstić information content (AvgIpc) is 1.00. The van der Waals surface area contributed by atoms with E-state index in [9.17, 15) is 0 Å². The molecule has 4 heteroatoms. The maximum absolute atomic E-state index is 3.47. The molecule has 4 heavy (non-hydrogen) atoms. The van der Waals surface area contributed by atoms with Gasteiger partial charge in [0.1, 0.15) is 0 Å². The normalized spacial score (nSPS) is 1.00. The van der Waals surface area contributed by atoms with Gasteiger partial charge >= 0.3 is 50.3 Å². The van der Waals surface area contributed by atoms with Crippen molar-refractivity contribution in [3.05, 3.63) is 0 Å². The Kier molecular flexibility index (Phi) is 64.0. The summed E-state index contributed by atoms with van der Waals surface area (Å²) in [4.78, 5) is 0. The molecule has 0 heterocycles. The van der Waals surface area contributed by atoms with Crippen molar-refractivity contribution in [2.45, 2.75) is 0 Å². The van der Waals surface area contributed by atoms with Gasteiger partial charge in [-0.25, -0.2) is 0 Å². The van der Waals surface area contributed by atoms with E-state index in [1.54, 1.807) is 0 Å². The second-order valence-electron chi connectivity index (χ2n) is 0. The van der Waals surface area contributed by atoms with Crippen molar-refractivity contribution in [2.75, 3.05) is 0 Å².